The van der Waals surface area contributed by atoms with Gasteiger partial charge in [0, 0.05) is 6.26 Å². The number of hydrogen-bond acceptors (Lipinski definition) is 8. The maximum absolute atomic E-state index is 13.1. The summed E-state index contributed by atoms with van der Waals surface area (Å²) in [5, 5.41) is 8.10. The molecule has 0 saturated heterocycles. The molecule has 12 heteroatoms. The molecular weight excluding hydrogens is 483 g/mol. The highest BCUT2D eigenvalue weighted by atomic mass is 32.2. The Morgan fingerprint density at radius 2 is 1.88 bits per heavy atom. The van der Waals surface area contributed by atoms with Crippen LogP contribution in [0.15, 0.2) is 57.4 Å². The lowest BCUT2D eigenvalue weighted by atomic mass is 10.1. The van der Waals surface area contributed by atoms with E-state index in [1.807, 2.05) is 6.92 Å². The van der Waals surface area contributed by atoms with Crippen molar-refractivity contribution in [3.63, 3.8) is 0 Å². The SMILES string of the molecule is CCOc1cc(C=C2C(=N)N3C(=NC2=O)SN=C3S(C)(=O)=O)ccc1OCc1ccc(F)cc1. The summed E-state index contributed by atoms with van der Waals surface area (Å²) in [6.45, 7) is 2.36. The Balaban J connectivity index is 1.61. The molecule has 2 aromatic rings. The van der Waals surface area contributed by atoms with E-state index in [-0.39, 0.29) is 34.2 Å². The van der Waals surface area contributed by atoms with Gasteiger partial charge in [-0.3, -0.25) is 10.2 Å². The molecule has 1 N–H and O–H groups in total. The first kappa shape index (κ1) is 23.6. The minimum Gasteiger partial charge on any atom is -0.490 e. The predicted octanol–water partition coefficient (Wildman–Crippen LogP) is 3.42. The molecule has 176 valence electrons. The van der Waals surface area contributed by atoms with Gasteiger partial charge in [-0.1, -0.05) is 18.2 Å². The van der Waals surface area contributed by atoms with Gasteiger partial charge in [-0.25, -0.2) is 17.7 Å². The van der Waals surface area contributed by atoms with Crippen LogP contribution in [0, 0.1) is 11.2 Å². The van der Waals surface area contributed by atoms with Gasteiger partial charge in [0.25, 0.3) is 5.91 Å². The number of fused-ring (bicyclic) bond motifs is 1. The van der Waals surface area contributed by atoms with Crippen LogP contribution in [-0.2, 0) is 21.2 Å². The Hall–Kier alpha value is -3.51. The van der Waals surface area contributed by atoms with Crippen molar-refractivity contribution in [2.75, 3.05) is 12.9 Å². The van der Waals surface area contributed by atoms with E-state index < -0.39 is 15.7 Å². The Bertz CT molecular complexity index is 1370. The predicted molar refractivity (Wildman–Crippen MR) is 128 cm³/mol. The van der Waals surface area contributed by atoms with Crippen LogP contribution in [-0.4, -0.2) is 48.3 Å². The summed E-state index contributed by atoms with van der Waals surface area (Å²) < 4.78 is 52.5. The fourth-order valence-corrected chi connectivity index (χ4v) is 4.99. The number of carbonyl (C=O) groups excluding carboxylic acids is 1. The number of carbonyl (C=O) groups is 1. The van der Waals surface area contributed by atoms with Gasteiger partial charge >= 0.3 is 0 Å². The molecule has 0 aromatic heterocycles. The summed E-state index contributed by atoms with van der Waals surface area (Å²) in [6.07, 6.45) is 2.40. The lowest BCUT2D eigenvalue weighted by Crippen LogP contribution is -2.45. The third kappa shape index (κ3) is 4.87. The Labute approximate surface area is 199 Å². The van der Waals surface area contributed by atoms with Crippen molar-refractivity contribution in [3.8, 4) is 11.5 Å². The summed E-state index contributed by atoms with van der Waals surface area (Å²) in [5.74, 6) is -0.492. The average Bonchev–Trinajstić information content (AvgIpc) is 3.22. The topological polar surface area (TPSA) is 121 Å². The number of sulfone groups is 1. The van der Waals surface area contributed by atoms with Gasteiger partial charge in [0.05, 0.1) is 24.1 Å². The molecule has 0 aliphatic carbocycles. The number of hydrogen-bond donors (Lipinski definition) is 1. The first-order chi connectivity index (χ1) is 16.2. The van der Waals surface area contributed by atoms with Gasteiger partial charge in [0.15, 0.2) is 11.5 Å². The van der Waals surface area contributed by atoms with E-state index in [0.29, 0.717) is 23.7 Å². The van der Waals surface area contributed by atoms with Crippen LogP contribution < -0.4 is 9.47 Å². The monoisotopic (exact) mass is 502 g/mol. The first-order valence-corrected chi connectivity index (χ1v) is 12.7. The Kier molecular flexibility index (Phi) is 6.53. The highest BCUT2D eigenvalue weighted by Crippen LogP contribution is 2.32. The van der Waals surface area contributed by atoms with Crippen molar-refractivity contribution in [2.45, 2.75) is 13.5 Å². The van der Waals surface area contributed by atoms with Crippen molar-refractivity contribution in [1.29, 1.82) is 5.41 Å². The maximum atomic E-state index is 13.1. The molecule has 0 spiro atoms. The summed E-state index contributed by atoms with van der Waals surface area (Å²) >= 11 is 0.731. The summed E-state index contributed by atoms with van der Waals surface area (Å²) in [5.41, 5.74) is 1.20. The molecule has 0 atom stereocenters. The highest BCUT2D eigenvalue weighted by molar-refractivity contribution is 8.16. The van der Waals surface area contributed by atoms with Crippen LogP contribution in [0.5, 0.6) is 11.5 Å². The zero-order chi connectivity index (χ0) is 24.5. The molecule has 0 fully saturated rings. The van der Waals surface area contributed by atoms with Crippen LogP contribution in [0.2, 0.25) is 0 Å². The van der Waals surface area contributed by atoms with Gasteiger partial charge in [-0.05, 0) is 48.4 Å². The van der Waals surface area contributed by atoms with Crippen LogP contribution in [0.4, 0.5) is 4.39 Å². The van der Waals surface area contributed by atoms with Crippen LogP contribution in [0.3, 0.4) is 0 Å². The summed E-state index contributed by atoms with van der Waals surface area (Å²) in [7, 11) is -3.73. The van der Waals surface area contributed by atoms with E-state index in [0.717, 1.165) is 28.7 Å². The average molecular weight is 503 g/mol. The molecule has 0 saturated carbocycles. The van der Waals surface area contributed by atoms with E-state index in [4.69, 9.17) is 14.9 Å². The first-order valence-electron chi connectivity index (χ1n) is 10.0. The van der Waals surface area contributed by atoms with Gasteiger partial charge < -0.3 is 9.47 Å². The van der Waals surface area contributed by atoms with Crippen molar-refractivity contribution in [3.05, 3.63) is 65.0 Å². The molecule has 0 bridgehead atoms. The van der Waals surface area contributed by atoms with Gasteiger partial charge in [0.1, 0.15) is 18.3 Å². The van der Waals surface area contributed by atoms with Crippen molar-refractivity contribution < 1.29 is 27.1 Å². The van der Waals surface area contributed by atoms with Gasteiger partial charge in [-0.15, -0.1) is 0 Å². The Morgan fingerprint density at radius 1 is 1.15 bits per heavy atom. The third-order valence-corrected chi connectivity index (χ3v) is 6.47. The van der Waals surface area contributed by atoms with Gasteiger partial charge in [-0.2, -0.15) is 9.39 Å². The third-order valence-electron chi connectivity index (χ3n) is 4.71. The van der Waals surface area contributed by atoms with Crippen LogP contribution in [0.25, 0.3) is 6.08 Å². The fraction of sp³-hybridized carbons (Fsp3) is 0.182. The maximum Gasteiger partial charge on any atom is 0.283 e. The molecular formula is C22H19FN4O5S2. The molecule has 34 heavy (non-hydrogen) atoms. The second-order valence-corrected chi connectivity index (χ2v) is 9.87. The number of ether oxygens (including phenoxy) is 2. The van der Waals surface area contributed by atoms with E-state index >= 15 is 0 Å². The number of nitrogens with one attached hydrogen (secondary N) is 1. The molecule has 0 radical (unpaired) electrons. The van der Waals surface area contributed by atoms with E-state index in [9.17, 15) is 17.6 Å². The smallest absolute Gasteiger partial charge is 0.283 e. The minimum absolute atomic E-state index is 0.0205. The van der Waals surface area contributed by atoms with Gasteiger partial charge in [0.2, 0.25) is 20.2 Å². The second-order valence-electron chi connectivity index (χ2n) is 7.23. The van der Waals surface area contributed by atoms with Crippen LogP contribution in [0.1, 0.15) is 18.1 Å². The molecule has 4 rings (SSSR count). The normalized spacial score (nSPS) is 16.9. The number of rotatable bonds is 6. The molecule has 2 aliphatic heterocycles. The largest absolute Gasteiger partial charge is 0.490 e. The molecule has 2 aliphatic rings. The second kappa shape index (κ2) is 9.39. The van der Waals surface area contributed by atoms with Crippen molar-refractivity contribution >= 4 is 49.9 Å². The lowest BCUT2D eigenvalue weighted by Gasteiger charge is -2.23. The zero-order valence-corrected chi connectivity index (χ0v) is 19.7. The van der Waals surface area contributed by atoms with Crippen molar-refractivity contribution in [1.82, 2.24) is 4.90 Å². The number of amidine groups is 3. The Morgan fingerprint density at radius 3 is 2.56 bits per heavy atom. The van der Waals surface area contributed by atoms with Crippen molar-refractivity contribution in [2.24, 2.45) is 9.39 Å². The number of halogens is 1. The van der Waals surface area contributed by atoms with Crippen LogP contribution >= 0.6 is 11.9 Å². The number of nitrogens with zero attached hydrogens (tertiary/aromatic N) is 3. The molecule has 2 aromatic carbocycles. The standard InChI is InChI=1S/C22H19FN4O5S2/c1-3-31-18-11-14(6-9-17(18)32-12-13-4-7-15(23)8-5-13)10-16-19(24)27-21(25-20(16)28)33-26-22(27)34(2,29)30/h4-11,24H,3,12H2,1-2H3. The minimum atomic E-state index is -3.73. The molecule has 2 heterocycles. The number of aliphatic imine (C=N–C) groups is 1. The quantitative estimate of drug-likeness (QED) is 0.474. The zero-order valence-electron chi connectivity index (χ0n) is 18.1. The molecule has 0 unspecified atom stereocenters. The number of amides is 1. The fourth-order valence-electron chi connectivity index (χ4n) is 3.15. The highest BCUT2D eigenvalue weighted by Gasteiger charge is 2.41. The summed E-state index contributed by atoms with van der Waals surface area (Å²) in [4.78, 5) is 17.5. The van der Waals surface area contributed by atoms with E-state index in [1.54, 1.807) is 30.3 Å². The molecule has 9 nitrogen and oxygen atoms in total. The van der Waals surface area contributed by atoms with E-state index in [2.05, 4.69) is 9.39 Å². The lowest BCUT2D eigenvalue weighted by molar-refractivity contribution is -0.114. The van der Waals surface area contributed by atoms with E-state index in [1.165, 1.54) is 18.2 Å². The number of benzene rings is 2. The summed E-state index contributed by atoms with van der Waals surface area (Å²) in [6, 6.07) is 10.9. The molecule has 1 amide bonds.